The third-order valence-corrected chi connectivity index (χ3v) is 3.61. The number of ether oxygens (including phenoxy) is 1. The normalized spacial score (nSPS) is 10.1. The van der Waals surface area contributed by atoms with E-state index >= 15 is 0 Å². The van der Waals surface area contributed by atoms with E-state index < -0.39 is 5.97 Å². The molecule has 0 radical (unpaired) electrons. The number of aromatic carboxylic acids is 1. The van der Waals surface area contributed by atoms with E-state index in [9.17, 15) is 9.59 Å². The van der Waals surface area contributed by atoms with Gasteiger partial charge >= 0.3 is 5.97 Å². The van der Waals surface area contributed by atoms with Crippen molar-refractivity contribution < 1.29 is 19.4 Å². The number of hydrogen-bond donors (Lipinski definition) is 2. The van der Waals surface area contributed by atoms with Crippen molar-refractivity contribution in [2.45, 2.75) is 6.42 Å². The first-order valence-electron chi connectivity index (χ1n) is 5.85. The van der Waals surface area contributed by atoms with E-state index in [2.05, 4.69) is 5.32 Å². The number of anilines is 1. The van der Waals surface area contributed by atoms with Gasteiger partial charge in [-0.25, -0.2) is 4.79 Å². The molecule has 1 amide bonds. The summed E-state index contributed by atoms with van der Waals surface area (Å²) >= 11 is 1.03. The van der Waals surface area contributed by atoms with Crippen molar-refractivity contribution in [1.82, 2.24) is 0 Å². The van der Waals surface area contributed by atoms with Crippen molar-refractivity contribution in [1.29, 1.82) is 0 Å². The van der Waals surface area contributed by atoms with Gasteiger partial charge in [-0.15, -0.1) is 11.3 Å². The Labute approximate surface area is 119 Å². The summed E-state index contributed by atoms with van der Waals surface area (Å²) in [7, 11) is 1.55. The Hall–Kier alpha value is -2.34. The van der Waals surface area contributed by atoms with Crippen molar-refractivity contribution in [3.8, 4) is 5.75 Å². The minimum absolute atomic E-state index is 0.171. The Morgan fingerprint density at radius 2 is 2.00 bits per heavy atom. The first-order valence-corrected chi connectivity index (χ1v) is 6.66. The molecule has 1 aromatic heterocycles. The van der Waals surface area contributed by atoms with Crippen LogP contribution in [0.3, 0.4) is 0 Å². The van der Waals surface area contributed by atoms with Crippen LogP contribution in [-0.4, -0.2) is 24.1 Å². The highest BCUT2D eigenvalue weighted by Gasteiger charge is 2.11. The van der Waals surface area contributed by atoms with Gasteiger partial charge in [0.1, 0.15) is 10.6 Å². The highest BCUT2D eigenvalue weighted by atomic mass is 32.1. The zero-order chi connectivity index (χ0) is 14.5. The van der Waals surface area contributed by atoms with Crippen LogP contribution in [0.5, 0.6) is 5.75 Å². The van der Waals surface area contributed by atoms with Gasteiger partial charge in [-0.2, -0.15) is 0 Å². The number of carbonyl (C=O) groups is 2. The SMILES string of the molecule is COc1ccccc1CC(=O)Nc1ccc(C(=O)O)s1. The molecule has 2 aromatic rings. The van der Waals surface area contributed by atoms with Crippen molar-refractivity contribution in [2.75, 3.05) is 12.4 Å². The number of benzene rings is 1. The molecule has 20 heavy (non-hydrogen) atoms. The van der Waals surface area contributed by atoms with E-state index in [1.165, 1.54) is 6.07 Å². The van der Waals surface area contributed by atoms with Crippen LogP contribution in [0.2, 0.25) is 0 Å². The second-order valence-electron chi connectivity index (χ2n) is 4.01. The van der Waals surface area contributed by atoms with E-state index in [1.807, 2.05) is 18.2 Å². The summed E-state index contributed by atoms with van der Waals surface area (Å²) in [5.74, 6) is -0.562. The Balaban J connectivity index is 2.03. The number of methoxy groups -OCH3 is 1. The third-order valence-electron chi connectivity index (χ3n) is 2.62. The molecule has 0 aliphatic heterocycles. The number of rotatable bonds is 5. The fourth-order valence-corrected chi connectivity index (χ4v) is 2.48. The van der Waals surface area contributed by atoms with Crippen LogP contribution in [0.25, 0.3) is 0 Å². The Kier molecular flexibility index (Phi) is 4.37. The van der Waals surface area contributed by atoms with E-state index in [-0.39, 0.29) is 17.2 Å². The Morgan fingerprint density at radius 1 is 1.25 bits per heavy atom. The molecule has 0 saturated heterocycles. The summed E-state index contributed by atoms with van der Waals surface area (Å²) in [5.41, 5.74) is 0.780. The second kappa shape index (κ2) is 6.21. The molecular weight excluding hydrogens is 278 g/mol. The Bertz CT molecular complexity index is 636. The topological polar surface area (TPSA) is 75.6 Å². The molecule has 0 aliphatic carbocycles. The number of hydrogen-bond acceptors (Lipinski definition) is 4. The molecular formula is C14H13NO4S. The first kappa shape index (κ1) is 14.1. The van der Waals surface area contributed by atoms with Crippen molar-refractivity contribution in [3.63, 3.8) is 0 Å². The van der Waals surface area contributed by atoms with Gasteiger partial charge in [-0.05, 0) is 18.2 Å². The zero-order valence-electron chi connectivity index (χ0n) is 10.8. The van der Waals surface area contributed by atoms with E-state index in [0.29, 0.717) is 10.8 Å². The van der Waals surface area contributed by atoms with Gasteiger partial charge in [0.15, 0.2) is 0 Å². The fraction of sp³-hybridized carbons (Fsp3) is 0.143. The van der Waals surface area contributed by atoms with Crippen LogP contribution in [0, 0.1) is 0 Å². The highest BCUT2D eigenvalue weighted by molar-refractivity contribution is 7.18. The summed E-state index contributed by atoms with van der Waals surface area (Å²) in [5, 5.41) is 12.0. The summed E-state index contributed by atoms with van der Waals surface area (Å²) in [6.07, 6.45) is 0.171. The van der Waals surface area contributed by atoms with Gasteiger partial charge in [-0.3, -0.25) is 4.79 Å². The lowest BCUT2D eigenvalue weighted by atomic mass is 10.1. The molecule has 0 spiro atoms. The number of amides is 1. The molecule has 0 bridgehead atoms. The molecule has 0 saturated carbocycles. The second-order valence-corrected chi connectivity index (χ2v) is 5.09. The largest absolute Gasteiger partial charge is 0.496 e. The highest BCUT2D eigenvalue weighted by Crippen LogP contribution is 2.23. The van der Waals surface area contributed by atoms with Gasteiger partial charge in [-0.1, -0.05) is 18.2 Å². The predicted octanol–water partition coefficient (Wildman–Crippen LogP) is 2.64. The van der Waals surface area contributed by atoms with Crippen LogP contribution in [0.4, 0.5) is 5.00 Å². The molecule has 0 unspecified atom stereocenters. The van der Waals surface area contributed by atoms with Crippen LogP contribution >= 0.6 is 11.3 Å². The minimum atomic E-state index is -1.000. The fourth-order valence-electron chi connectivity index (χ4n) is 1.72. The number of nitrogens with one attached hydrogen (secondary N) is 1. The van der Waals surface area contributed by atoms with Crippen LogP contribution in [-0.2, 0) is 11.2 Å². The van der Waals surface area contributed by atoms with Gasteiger partial charge in [0.05, 0.1) is 18.5 Å². The predicted molar refractivity (Wildman–Crippen MR) is 76.6 cm³/mol. The molecule has 0 fully saturated rings. The third kappa shape index (κ3) is 3.36. The molecule has 0 atom stereocenters. The molecule has 0 aliphatic rings. The lowest BCUT2D eigenvalue weighted by Gasteiger charge is -2.07. The quantitative estimate of drug-likeness (QED) is 0.888. The molecule has 2 rings (SSSR count). The van der Waals surface area contributed by atoms with Gasteiger partial charge in [0.25, 0.3) is 0 Å². The molecule has 6 heteroatoms. The molecule has 1 aromatic carbocycles. The monoisotopic (exact) mass is 291 g/mol. The van der Waals surface area contributed by atoms with Crippen LogP contribution in [0.1, 0.15) is 15.2 Å². The van der Waals surface area contributed by atoms with E-state index in [4.69, 9.17) is 9.84 Å². The maximum atomic E-state index is 11.9. The average Bonchev–Trinajstić information content (AvgIpc) is 2.88. The molecule has 5 nitrogen and oxygen atoms in total. The minimum Gasteiger partial charge on any atom is -0.496 e. The maximum absolute atomic E-state index is 11.9. The van der Waals surface area contributed by atoms with Crippen LogP contribution in [0.15, 0.2) is 36.4 Å². The van der Waals surface area contributed by atoms with Gasteiger partial charge in [0.2, 0.25) is 5.91 Å². The van der Waals surface area contributed by atoms with Crippen molar-refractivity contribution >= 4 is 28.2 Å². The molecule has 104 valence electrons. The summed E-state index contributed by atoms with van der Waals surface area (Å²) in [6, 6.07) is 10.3. The number of carboxylic acid groups (broad SMARTS) is 1. The van der Waals surface area contributed by atoms with Crippen molar-refractivity contribution in [2.24, 2.45) is 0 Å². The Morgan fingerprint density at radius 3 is 2.65 bits per heavy atom. The number of carbonyl (C=O) groups excluding carboxylic acids is 1. The molecule has 1 heterocycles. The molecule has 2 N–H and O–H groups in total. The first-order chi connectivity index (χ1) is 9.60. The van der Waals surface area contributed by atoms with Crippen LogP contribution < -0.4 is 10.1 Å². The number of carboxylic acids is 1. The summed E-state index contributed by atoms with van der Waals surface area (Å²) < 4.78 is 5.18. The summed E-state index contributed by atoms with van der Waals surface area (Å²) in [4.78, 5) is 22.9. The van der Waals surface area contributed by atoms with Gasteiger partial charge < -0.3 is 15.2 Å². The standard InChI is InChI=1S/C14H13NO4S/c1-19-10-5-3-2-4-9(10)8-12(16)15-13-7-6-11(20-13)14(17)18/h2-7H,8H2,1H3,(H,15,16)(H,17,18). The lowest BCUT2D eigenvalue weighted by Crippen LogP contribution is -2.14. The van der Waals surface area contributed by atoms with E-state index in [0.717, 1.165) is 16.9 Å². The maximum Gasteiger partial charge on any atom is 0.345 e. The smallest absolute Gasteiger partial charge is 0.345 e. The van der Waals surface area contributed by atoms with Crippen molar-refractivity contribution in [3.05, 3.63) is 46.8 Å². The van der Waals surface area contributed by atoms with Gasteiger partial charge in [0, 0.05) is 5.56 Å². The lowest BCUT2D eigenvalue weighted by molar-refractivity contribution is -0.115. The number of thiophene rings is 1. The summed E-state index contributed by atoms with van der Waals surface area (Å²) in [6.45, 7) is 0. The van der Waals surface area contributed by atoms with E-state index in [1.54, 1.807) is 19.2 Å². The zero-order valence-corrected chi connectivity index (χ0v) is 11.6. The average molecular weight is 291 g/mol. The number of para-hydroxylation sites is 1.